The number of nitrogens with zero attached hydrogens (tertiary/aromatic N) is 5. The molecule has 1 aromatic carbocycles. The van der Waals surface area contributed by atoms with E-state index in [4.69, 9.17) is 9.47 Å². The van der Waals surface area contributed by atoms with Crippen LogP contribution in [0.3, 0.4) is 0 Å². The van der Waals surface area contributed by atoms with Gasteiger partial charge in [0.2, 0.25) is 9.84 Å². The molecule has 0 aliphatic carbocycles. The topological polar surface area (TPSA) is 99.4 Å². The van der Waals surface area contributed by atoms with E-state index in [2.05, 4.69) is 21.5 Å². The van der Waals surface area contributed by atoms with E-state index in [9.17, 15) is 8.42 Å². The number of hydrogen-bond acceptors (Lipinski definition) is 8. The monoisotopic (exact) mass is 429 g/mol. The van der Waals surface area contributed by atoms with E-state index in [0.29, 0.717) is 61.1 Å². The molecule has 2 aromatic heterocycles. The van der Waals surface area contributed by atoms with Gasteiger partial charge in [-0.2, -0.15) is 9.97 Å². The molecular formula is C20H23N5O4S. The molecule has 1 aliphatic heterocycles. The number of aromatic nitrogens is 4. The van der Waals surface area contributed by atoms with Crippen LogP contribution in [0.1, 0.15) is 5.56 Å². The third-order valence-electron chi connectivity index (χ3n) is 4.86. The van der Waals surface area contributed by atoms with Crippen molar-refractivity contribution in [2.75, 3.05) is 38.3 Å². The molecule has 30 heavy (non-hydrogen) atoms. The zero-order valence-electron chi connectivity index (χ0n) is 16.7. The summed E-state index contributed by atoms with van der Waals surface area (Å²) in [7, 11) is -2.22. The van der Waals surface area contributed by atoms with Crippen molar-refractivity contribution in [3.8, 4) is 5.75 Å². The number of sulfone groups is 1. The molecular weight excluding hydrogens is 406 g/mol. The van der Waals surface area contributed by atoms with Gasteiger partial charge in [-0.1, -0.05) is 18.2 Å². The molecule has 0 N–H and O–H groups in total. The van der Waals surface area contributed by atoms with Crippen LogP contribution in [0, 0.1) is 0 Å². The zero-order valence-corrected chi connectivity index (χ0v) is 17.5. The van der Waals surface area contributed by atoms with Crippen LogP contribution in [0.15, 0.2) is 48.4 Å². The van der Waals surface area contributed by atoms with Gasteiger partial charge in [0.25, 0.3) is 5.16 Å². The zero-order chi connectivity index (χ0) is 21.1. The predicted octanol–water partition coefficient (Wildman–Crippen LogP) is 1.83. The molecule has 1 saturated heterocycles. The largest absolute Gasteiger partial charge is 0.497 e. The highest BCUT2D eigenvalue weighted by Gasteiger charge is 2.26. The summed E-state index contributed by atoms with van der Waals surface area (Å²) in [5, 5.41) is -0.210. The summed E-state index contributed by atoms with van der Waals surface area (Å²) in [6.45, 7) is 6.53. The number of methoxy groups -OCH3 is 1. The smallest absolute Gasteiger partial charge is 0.251 e. The molecule has 10 heteroatoms. The first kappa shape index (κ1) is 20.3. The van der Waals surface area contributed by atoms with Crippen molar-refractivity contribution < 1.29 is 17.9 Å². The maximum atomic E-state index is 13.2. The van der Waals surface area contributed by atoms with Gasteiger partial charge in [0, 0.05) is 19.6 Å². The Bertz CT molecular complexity index is 1150. The van der Waals surface area contributed by atoms with E-state index in [-0.39, 0.29) is 10.9 Å². The van der Waals surface area contributed by atoms with Crippen molar-refractivity contribution in [1.82, 2.24) is 19.5 Å². The first-order valence-electron chi connectivity index (χ1n) is 9.54. The number of anilines is 1. The van der Waals surface area contributed by atoms with Crippen molar-refractivity contribution in [2.24, 2.45) is 0 Å². The number of benzene rings is 1. The Hall–Kier alpha value is -2.98. The molecule has 0 unspecified atom stereocenters. The van der Waals surface area contributed by atoms with Crippen LogP contribution in [0.4, 0.5) is 5.82 Å². The Morgan fingerprint density at radius 2 is 1.93 bits per heavy atom. The van der Waals surface area contributed by atoms with Crippen LogP contribution in [0.2, 0.25) is 0 Å². The fourth-order valence-corrected chi connectivity index (χ4v) is 4.53. The average Bonchev–Trinajstić information content (AvgIpc) is 3.17. The lowest BCUT2D eigenvalue weighted by molar-refractivity contribution is 0.122. The van der Waals surface area contributed by atoms with Gasteiger partial charge in [-0.05, 0) is 17.7 Å². The van der Waals surface area contributed by atoms with Gasteiger partial charge in [0.15, 0.2) is 17.0 Å². The minimum absolute atomic E-state index is 0.208. The van der Waals surface area contributed by atoms with Crippen molar-refractivity contribution in [3.63, 3.8) is 0 Å². The molecule has 158 valence electrons. The van der Waals surface area contributed by atoms with Gasteiger partial charge >= 0.3 is 0 Å². The molecule has 1 aliphatic rings. The van der Waals surface area contributed by atoms with E-state index in [1.807, 2.05) is 4.90 Å². The number of allylic oxidation sites excluding steroid dienone is 1. The van der Waals surface area contributed by atoms with Gasteiger partial charge in [0.05, 0.1) is 32.4 Å². The third-order valence-corrected chi connectivity index (χ3v) is 6.31. The SMILES string of the molecule is C=CCn1cnc2c(N3CCOCC3)nc(S(=O)(=O)Cc3ccc(OC)cc3)nc21. The number of imidazole rings is 1. The van der Waals surface area contributed by atoms with E-state index < -0.39 is 9.84 Å². The number of hydrogen-bond donors (Lipinski definition) is 0. The third kappa shape index (κ3) is 4.01. The summed E-state index contributed by atoms with van der Waals surface area (Å²) in [5.41, 5.74) is 1.67. The predicted molar refractivity (Wildman–Crippen MR) is 112 cm³/mol. The fraction of sp³-hybridized carbons (Fsp3) is 0.350. The second kappa shape index (κ2) is 8.41. The highest BCUT2D eigenvalue weighted by atomic mass is 32.2. The maximum Gasteiger partial charge on any atom is 0.251 e. The average molecular weight is 430 g/mol. The van der Waals surface area contributed by atoms with E-state index >= 15 is 0 Å². The maximum absolute atomic E-state index is 13.2. The highest BCUT2D eigenvalue weighted by Crippen LogP contribution is 2.26. The Balaban J connectivity index is 1.77. The van der Waals surface area contributed by atoms with Crippen LogP contribution in [-0.4, -0.2) is 61.3 Å². The minimum atomic E-state index is -3.78. The van der Waals surface area contributed by atoms with E-state index in [0.717, 1.165) is 0 Å². The van der Waals surface area contributed by atoms with Crippen LogP contribution in [0.5, 0.6) is 5.75 Å². The van der Waals surface area contributed by atoms with E-state index in [1.54, 1.807) is 48.3 Å². The molecule has 0 spiro atoms. The minimum Gasteiger partial charge on any atom is -0.497 e. The molecule has 0 saturated carbocycles. The summed E-state index contributed by atoms with van der Waals surface area (Å²) in [5.74, 6) is 0.969. The summed E-state index contributed by atoms with van der Waals surface area (Å²) < 4.78 is 38.7. The Morgan fingerprint density at radius 1 is 1.20 bits per heavy atom. The standard InChI is InChI=1S/C20H23N5O4S/c1-3-8-25-14-21-17-18(24-9-11-29-12-10-24)22-20(23-19(17)25)30(26,27)13-15-4-6-16(28-2)7-5-15/h3-7,14H,1,8-13H2,2H3. The first-order chi connectivity index (χ1) is 14.5. The summed E-state index contributed by atoms with van der Waals surface area (Å²) in [6, 6.07) is 6.90. The number of fused-ring (bicyclic) bond motifs is 1. The lowest BCUT2D eigenvalue weighted by Gasteiger charge is -2.28. The number of rotatable bonds is 7. The van der Waals surface area contributed by atoms with Crippen molar-refractivity contribution >= 4 is 26.8 Å². The summed E-state index contributed by atoms with van der Waals surface area (Å²) in [6.07, 6.45) is 3.34. The number of morpholine rings is 1. The van der Waals surface area contributed by atoms with Crippen molar-refractivity contribution in [3.05, 3.63) is 48.8 Å². The van der Waals surface area contributed by atoms with E-state index in [1.165, 1.54) is 0 Å². The van der Waals surface area contributed by atoms with Crippen LogP contribution < -0.4 is 9.64 Å². The molecule has 0 atom stereocenters. The molecule has 9 nitrogen and oxygen atoms in total. The van der Waals surface area contributed by atoms with Gasteiger partial charge in [-0.25, -0.2) is 13.4 Å². The Morgan fingerprint density at radius 3 is 2.60 bits per heavy atom. The first-order valence-corrected chi connectivity index (χ1v) is 11.2. The Kier molecular flexibility index (Phi) is 5.69. The second-order valence-electron chi connectivity index (χ2n) is 6.89. The quantitative estimate of drug-likeness (QED) is 0.414. The lowest BCUT2D eigenvalue weighted by Crippen LogP contribution is -2.37. The van der Waals surface area contributed by atoms with Crippen LogP contribution >= 0.6 is 0 Å². The highest BCUT2D eigenvalue weighted by molar-refractivity contribution is 7.90. The van der Waals surface area contributed by atoms with Gasteiger partial charge in [0.1, 0.15) is 5.75 Å². The van der Waals surface area contributed by atoms with Gasteiger partial charge < -0.3 is 18.9 Å². The van der Waals surface area contributed by atoms with Crippen molar-refractivity contribution in [1.29, 1.82) is 0 Å². The Labute approximate surface area is 174 Å². The molecule has 4 rings (SSSR count). The lowest BCUT2D eigenvalue weighted by atomic mass is 10.2. The summed E-state index contributed by atoms with van der Waals surface area (Å²) in [4.78, 5) is 15.3. The van der Waals surface area contributed by atoms with Gasteiger partial charge in [-0.3, -0.25) is 0 Å². The second-order valence-corrected chi connectivity index (χ2v) is 8.78. The van der Waals surface area contributed by atoms with Gasteiger partial charge in [-0.15, -0.1) is 6.58 Å². The van der Waals surface area contributed by atoms with Crippen molar-refractivity contribution in [2.45, 2.75) is 17.5 Å². The summed E-state index contributed by atoms with van der Waals surface area (Å²) >= 11 is 0. The normalized spacial score (nSPS) is 14.8. The molecule has 1 fully saturated rings. The number of ether oxygens (including phenoxy) is 2. The molecule has 0 radical (unpaired) electrons. The fourth-order valence-electron chi connectivity index (χ4n) is 3.32. The molecule has 0 bridgehead atoms. The molecule has 3 heterocycles. The van der Waals surface area contributed by atoms with Crippen LogP contribution in [-0.2, 0) is 26.9 Å². The molecule has 3 aromatic rings. The van der Waals surface area contributed by atoms with Crippen LogP contribution in [0.25, 0.3) is 11.2 Å². The molecule has 0 amide bonds.